The van der Waals surface area contributed by atoms with Crippen molar-refractivity contribution in [2.24, 2.45) is 11.3 Å². The third-order valence-corrected chi connectivity index (χ3v) is 11.5. The number of rotatable bonds is 9. The van der Waals surface area contributed by atoms with E-state index in [0.717, 1.165) is 106 Å². The van der Waals surface area contributed by atoms with Crippen LogP contribution >= 0.6 is 27.5 Å². The van der Waals surface area contributed by atoms with Gasteiger partial charge in [0.25, 0.3) is 0 Å². The summed E-state index contributed by atoms with van der Waals surface area (Å²) in [5, 5.41) is 0.792. The maximum absolute atomic E-state index is 13.7. The lowest BCUT2D eigenvalue weighted by Crippen LogP contribution is -2.54. The van der Waals surface area contributed by atoms with Crippen LogP contribution in [0.2, 0.25) is 5.02 Å². The first-order chi connectivity index (χ1) is 22.3. The summed E-state index contributed by atoms with van der Waals surface area (Å²) in [4.78, 5) is 39.9. The van der Waals surface area contributed by atoms with E-state index in [1.54, 1.807) is 6.92 Å². The van der Waals surface area contributed by atoms with Gasteiger partial charge in [-0.05, 0) is 114 Å². The zero-order valence-electron chi connectivity index (χ0n) is 29.5. The molecule has 1 aromatic heterocycles. The quantitative estimate of drug-likeness (QED) is 0.274. The van der Waals surface area contributed by atoms with Crippen LogP contribution in [0.25, 0.3) is 0 Å². The zero-order valence-corrected chi connectivity index (χ0v) is 31.8. The number of fused-ring (bicyclic) bond motifs is 2. The van der Waals surface area contributed by atoms with Crippen molar-refractivity contribution >= 4 is 39.3 Å². The lowest BCUT2D eigenvalue weighted by molar-refractivity contribution is -0.134. The predicted octanol–water partition coefficient (Wildman–Crippen LogP) is 7.17. The molecule has 1 atom stereocenters. The molecule has 0 saturated carbocycles. The Bertz CT molecular complexity index is 1360. The van der Waals surface area contributed by atoms with Crippen LogP contribution in [-0.2, 0) is 28.0 Å². The number of aromatic nitrogens is 1. The van der Waals surface area contributed by atoms with Gasteiger partial charge >= 0.3 is 0 Å². The largest absolute Gasteiger partial charge is 0.343 e. The van der Waals surface area contributed by atoms with E-state index in [1.165, 1.54) is 16.7 Å². The van der Waals surface area contributed by atoms with Gasteiger partial charge in [-0.2, -0.15) is 0 Å². The number of amides is 2. The minimum Gasteiger partial charge on any atom is -0.343 e. The van der Waals surface area contributed by atoms with Crippen LogP contribution in [0, 0.1) is 11.3 Å². The second-order valence-electron chi connectivity index (χ2n) is 15.4. The normalized spacial score (nSPS) is 21.3. The van der Waals surface area contributed by atoms with Crippen molar-refractivity contribution in [1.29, 1.82) is 0 Å². The Hall–Kier alpha value is -2.00. The Morgan fingerprint density at radius 3 is 2.34 bits per heavy atom. The van der Waals surface area contributed by atoms with Gasteiger partial charge in [0.1, 0.15) is 0 Å². The fraction of sp³-hybridized carbons (Fsp3) is 0.658. The van der Waals surface area contributed by atoms with E-state index < -0.39 is 0 Å². The standard InChI is InChI=1S/C38H55BrClN5O2/c1-7-42(20-21-44(26-37(3,4)5)35(47)22-28-12-16-43(17-13-28)27(2)46)33-14-18-45(19-15-33)38(6)34-11-10-32(40)24-29(34)8-9-30-23-31(39)25-41-36(30)38/h10-11,23-25,28,33H,7-9,12-22,26H2,1-6H3. The fourth-order valence-electron chi connectivity index (χ4n) is 8.29. The Morgan fingerprint density at radius 2 is 1.70 bits per heavy atom. The van der Waals surface area contributed by atoms with Crippen LogP contribution in [0.15, 0.2) is 34.9 Å². The van der Waals surface area contributed by atoms with E-state index >= 15 is 0 Å². The van der Waals surface area contributed by atoms with Crippen LogP contribution < -0.4 is 0 Å². The molecule has 9 heteroatoms. The molecule has 2 aliphatic heterocycles. The molecule has 2 saturated heterocycles. The minimum absolute atomic E-state index is 0.0324. The maximum Gasteiger partial charge on any atom is 0.222 e. The van der Waals surface area contributed by atoms with Crippen molar-refractivity contribution in [3.8, 4) is 0 Å². The molecule has 2 amide bonds. The number of carbonyl (C=O) groups excluding carboxylic acids is 2. The van der Waals surface area contributed by atoms with Gasteiger partial charge in [0, 0.05) is 80.9 Å². The third kappa shape index (κ3) is 8.60. The Kier molecular flexibility index (Phi) is 11.8. The average Bonchev–Trinajstić information content (AvgIpc) is 3.14. The summed E-state index contributed by atoms with van der Waals surface area (Å²) in [6.45, 7) is 19.8. The van der Waals surface area contributed by atoms with Gasteiger partial charge in [-0.25, -0.2) is 0 Å². The highest BCUT2D eigenvalue weighted by molar-refractivity contribution is 9.10. The number of hydrogen-bond acceptors (Lipinski definition) is 5. The molecular weight excluding hydrogens is 674 g/mol. The molecule has 3 aliphatic rings. The van der Waals surface area contributed by atoms with Gasteiger partial charge in [-0.3, -0.25) is 24.4 Å². The highest BCUT2D eigenvalue weighted by atomic mass is 79.9. The molecule has 0 N–H and O–H groups in total. The van der Waals surface area contributed by atoms with Gasteiger partial charge < -0.3 is 9.80 Å². The number of likely N-dealkylation sites (N-methyl/N-ethyl adjacent to an activating group) is 1. The lowest BCUT2D eigenvalue weighted by atomic mass is 9.81. The SMILES string of the molecule is CCN(CCN(CC(C)(C)C)C(=O)CC1CCN(C(C)=O)CC1)C1CCN(C2(C)c3ccc(Cl)cc3CCc3cc(Br)cnc32)CC1. The smallest absolute Gasteiger partial charge is 0.222 e. The monoisotopic (exact) mass is 727 g/mol. The zero-order chi connectivity index (χ0) is 33.9. The maximum atomic E-state index is 13.7. The van der Waals surface area contributed by atoms with Gasteiger partial charge in [0.2, 0.25) is 11.8 Å². The lowest BCUT2D eigenvalue weighted by Gasteiger charge is -2.47. The molecular formula is C38H55BrClN5O2. The first kappa shape index (κ1) is 36.3. The number of likely N-dealkylation sites (tertiary alicyclic amines) is 2. The van der Waals surface area contributed by atoms with Crippen LogP contribution in [0.3, 0.4) is 0 Å². The summed E-state index contributed by atoms with van der Waals surface area (Å²) in [6.07, 6.45) is 8.45. The topological polar surface area (TPSA) is 60.0 Å². The Morgan fingerprint density at radius 1 is 1.02 bits per heavy atom. The first-order valence-corrected chi connectivity index (χ1v) is 18.9. The average molecular weight is 729 g/mol. The number of carbonyl (C=O) groups is 2. The van der Waals surface area contributed by atoms with Crippen molar-refractivity contribution in [1.82, 2.24) is 24.6 Å². The van der Waals surface area contributed by atoms with Crippen LogP contribution in [-0.4, -0.2) is 94.8 Å². The van der Waals surface area contributed by atoms with E-state index in [-0.39, 0.29) is 22.8 Å². The molecule has 1 aliphatic carbocycles. The molecule has 1 unspecified atom stereocenters. The molecule has 258 valence electrons. The summed E-state index contributed by atoms with van der Waals surface area (Å²) in [6, 6.07) is 9.15. The van der Waals surface area contributed by atoms with E-state index in [0.29, 0.717) is 18.4 Å². The van der Waals surface area contributed by atoms with Crippen molar-refractivity contribution in [2.75, 3.05) is 52.4 Å². The van der Waals surface area contributed by atoms with Crippen molar-refractivity contribution < 1.29 is 9.59 Å². The van der Waals surface area contributed by atoms with Crippen LogP contribution in [0.1, 0.15) is 96.0 Å². The van der Waals surface area contributed by atoms with Gasteiger partial charge in [-0.1, -0.05) is 45.4 Å². The number of piperidine rings is 2. The molecule has 0 radical (unpaired) electrons. The molecule has 47 heavy (non-hydrogen) atoms. The molecule has 3 heterocycles. The fourth-order valence-corrected chi connectivity index (χ4v) is 8.86. The molecule has 5 rings (SSSR count). The number of aryl methyl sites for hydroxylation is 2. The molecule has 7 nitrogen and oxygen atoms in total. The van der Waals surface area contributed by atoms with Gasteiger partial charge in [0.15, 0.2) is 0 Å². The van der Waals surface area contributed by atoms with Gasteiger partial charge in [-0.15, -0.1) is 0 Å². The molecule has 2 fully saturated rings. The summed E-state index contributed by atoms with van der Waals surface area (Å²) >= 11 is 10.2. The van der Waals surface area contributed by atoms with E-state index in [4.69, 9.17) is 16.6 Å². The number of nitrogens with zero attached hydrogens (tertiary/aromatic N) is 5. The van der Waals surface area contributed by atoms with Crippen molar-refractivity contribution in [3.63, 3.8) is 0 Å². The summed E-state index contributed by atoms with van der Waals surface area (Å²) in [7, 11) is 0. The summed E-state index contributed by atoms with van der Waals surface area (Å²) in [5.74, 6) is 0.770. The number of halogens is 2. The molecule has 1 aromatic carbocycles. The number of pyridine rings is 1. The van der Waals surface area contributed by atoms with E-state index in [2.05, 4.69) is 83.4 Å². The van der Waals surface area contributed by atoms with Gasteiger partial charge in [0.05, 0.1) is 11.2 Å². The second-order valence-corrected chi connectivity index (χ2v) is 16.8. The molecule has 0 bridgehead atoms. The molecule has 0 spiro atoms. The number of benzene rings is 1. The van der Waals surface area contributed by atoms with E-state index in [9.17, 15) is 9.59 Å². The summed E-state index contributed by atoms with van der Waals surface area (Å²) < 4.78 is 1.03. The highest BCUT2D eigenvalue weighted by Crippen LogP contribution is 2.43. The third-order valence-electron chi connectivity index (χ3n) is 10.9. The second kappa shape index (κ2) is 15.3. The highest BCUT2D eigenvalue weighted by Gasteiger charge is 2.43. The first-order valence-electron chi connectivity index (χ1n) is 17.7. The van der Waals surface area contributed by atoms with Crippen molar-refractivity contribution in [2.45, 2.75) is 98.1 Å². The Labute approximate surface area is 296 Å². The van der Waals surface area contributed by atoms with Crippen LogP contribution in [0.4, 0.5) is 0 Å². The Balaban J connectivity index is 1.25. The minimum atomic E-state index is -0.328. The van der Waals surface area contributed by atoms with E-state index in [1.807, 2.05) is 17.2 Å². The number of hydrogen-bond donors (Lipinski definition) is 0. The van der Waals surface area contributed by atoms with Crippen molar-refractivity contribution in [3.05, 3.63) is 62.3 Å². The molecule has 2 aromatic rings. The summed E-state index contributed by atoms with van der Waals surface area (Å²) in [5.41, 5.74) is 4.81. The van der Waals surface area contributed by atoms with Crippen LogP contribution in [0.5, 0.6) is 0 Å². The predicted molar refractivity (Wildman–Crippen MR) is 195 cm³/mol.